The Labute approximate surface area is 236 Å². The van der Waals surface area contributed by atoms with Gasteiger partial charge >= 0.3 is 0 Å². The van der Waals surface area contributed by atoms with Gasteiger partial charge in [0, 0.05) is 31.9 Å². The van der Waals surface area contributed by atoms with Crippen LogP contribution in [0.25, 0.3) is 0 Å². The third-order valence-corrected chi connectivity index (χ3v) is 12.5. The zero-order chi connectivity index (χ0) is 28.8. The number of anilines is 5. The second-order valence-electron chi connectivity index (χ2n) is 12.3. The van der Waals surface area contributed by atoms with Crippen molar-refractivity contribution in [3.05, 3.63) is 65.1 Å². The van der Waals surface area contributed by atoms with E-state index in [0.717, 1.165) is 24.1 Å². The molecule has 5 rings (SSSR count). The number of hydrogen-bond donors (Lipinski definition) is 4. The van der Waals surface area contributed by atoms with Crippen molar-refractivity contribution in [1.82, 2.24) is 9.88 Å². The Morgan fingerprint density at radius 3 is 2.62 bits per heavy atom. The van der Waals surface area contributed by atoms with E-state index >= 15 is 4.39 Å². The lowest BCUT2D eigenvalue weighted by Gasteiger charge is -2.37. The van der Waals surface area contributed by atoms with E-state index in [4.69, 9.17) is 4.43 Å². The maximum atomic E-state index is 15.2. The molecule has 40 heavy (non-hydrogen) atoms. The molecule has 0 aliphatic carbocycles. The minimum atomic E-state index is -2.16. The van der Waals surface area contributed by atoms with Crippen molar-refractivity contribution >= 4 is 42.8 Å². The Morgan fingerprint density at radius 2 is 1.93 bits per heavy atom. The summed E-state index contributed by atoms with van der Waals surface area (Å²) in [5.41, 5.74) is 4.03. The Kier molecular flexibility index (Phi) is 7.36. The van der Waals surface area contributed by atoms with E-state index in [0.29, 0.717) is 41.7 Å². The number of aromatic nitrogens is 1. The maximum Gasteiger partial charge on any atom is 0.261 e. The monoisotopic (exact) mass is 563 g/mol. The van der Waals surface area contributed by atoms with Crippen molar-refractivity contribution in [1.29, 1.82) is 0 Å². The van der Waals surface area contributed by atoms with Crippen LogP contribution in [-0.2, 0) is 6.54 Å². The fraction of sp³-hybridized carbons (Fsp3) is 0.400. The summed E-state index contributed by atoms with van der Waals surface area (Å²) < 4.78 is 21.7. The summed E-state index contributed by atoms with van der Waals surface area (Å²) in [5.74, 6) is 0.217. The van der Waals surface area contributed by atoms with Crippen LogP contribution in [0, 0.1) is 12.7 Å². The molecule has 3 heterocycles. The SMILES string of the molecule is Cc1cc(F)c(Nc2ccnc3c2C(=O)Nc2cc(CN4CC[C@H](O)C4)ccc2N3)cc1O[Si](C)(C)C(C)(C)C. The summed E-state index contributed by atoms with van der Waals surface area (Å²) in [6, 6.07) is 10.7. The van der Waals surface area contributed by atoms with Crippen molar-refractivity contribution in [2.24, 2.45) is 0 Å². The molecule has 0 spiro atoms. The van der Waals surface area contributed by atoms with Gasteiger partial charge in [-0.15, -0.1) is 0 Å². The summed E-state index contributed by atoms with van der Waals surface area (Å²) >= 11 is 0. The minimum absolute atomic E-state index is 0.0157. The summed E-state index contributed by atoms with van der Waals surface area (Å²) in [4.78, 5) is 20.1. The molecule has 1 atom stereocenters. The maximum absolute atomic E-state index is 15.2. The first kappa shape index (κ1) is 28.1. The van der Waals surface area contributed by atoms with E-state index in [2.05, 4.69) is 59.7 Å². The number of benzene rings is 2. The van der Waals surface area contributed by atoms with Gasteiger partial charge in [-0.3, -0.25) is 9.69 Å². The van der Waals surface area contributed by atoms with Crippen LogP contribution in [0.15, 0.2) is 42.6 Å². The van der Waals surface area contributed by atoms with Gasteiger partial charge < -0.3 is 25.5 Å². The van der Waals surface area contributed by atoms with Crippen LogP contribution in [0.2, 0.25) is 18.1 Å². The number of aliphatic hydroxyl groups is 1. The highest BCUT2D eigenvalue weighted by molar-refractivity contribution is 6.74. The smallest absolute Gasteiger partial charge is 0.261 e. The van der Waals surface area contributed by atoms with Crippen LogP contribution in [0.1, 0.15) is 48.7 Å². The van der Waals surface area contributed by atoms with E-state index in [1.165, 1.54) is 6.07 Å². The molecule has 1 aromatic heterocycles. The zero-order valence-corrected chi connectivity index (χ0v) is 25.0. The first-order chi connectivity index (χ1) is 18.8. The highest BCUT2D eigenvalue weighted by atomic mass is 28.4. The Morgan fingerprint density at radius 1 is 1.15 bits per heavy atom. The molecule has 0 bridgehead atoms. The third-order valence-electron chi connectivity index (χ3n) is 8.12. The van der Waals surface area contributed by atoms with Crippen LogP contribution in [0.3, 0.4) is 0 Å². The van der Waals surface area contributed by atoms with Crippen LogP contribution in [0.4, 0.5) is 33.0 Å². The quantitative estimate of drug-likeness (QED) is 0.253. The highest BCUT2D eigenvalue weighted by Crippen LogP contribution is 2.40. The second-order valence-corrected chi connectivity index (χ2v) is 17.0. The lowest BCUT2D eigenvalue weighted by molar-refractivity contribution is 0.102. The average molecular weight is 564 g/mol. The Balaban J connectivity index is 1.42. The van der Waals surface area contributed by atoms with E-state index in [9.17, 15) is 9.90 Å². The van der Waals surface area contributed by atoms with Crippen molar-refractivity contribution in [3.8, 4) is 5.75 Å². The molecule has 8 nitrogen and oxygen atoms in total. The fourth-order valence-electron chi connectivity index (χ4n) is 4.75. The molecular weight excluding hydrogens is 525 g/mol. The number of β-amino-alcohol motifs (C(OH)–C–C–N with tert-alkyl or cyclic N) is 1. The number of fused-ring (bicyclic) bond motifs is 2. The molecule has 1 amide bonds. The molecule has 212 valence electrons. The minimum Gasteiger partial charge on any atom is -0.543 e. The number of likely N-dealkylation sites (tertiary alicyclic amines) is 1. The first-order valence-corrected chi connectivity index (χ1v) is 16.6. The number of nitrogens with zero attached hydrogens (tertiary/aromatic N) is 2. The van der Waals surface area contributed by atoms with E-state index in [-0.39, 0.29) is 28.3 Å². The lowest BCUT2D eigenvalue weighted by atomic mass is 10.1. The van der Waals surface area contributed by atoms with Gasteiger partial charge in [-0.25, -0.2) is 9.37 Å². The van der Waals surface area contributed by atoms with Gasteiger partial charge in [-0.05, 0) is 66.9 Å². The molecule has 0 unspecified atom stereocenters. The van der Waals surface area contributed by atoms with Crippen LogP contribution in [0.5, 0.6) is 5.75 Å². The zero-order valence-electron chi connectivity index (χ0n) is 24.0. The Hall–Kier alpha value is -3.47. The number of halogens is 1. The van der Waals surface area contributed by atoms with Crippen molar-refractivity contribution in [2.45, 2.75) is 64.9 Å². The Bertz CT molecular complexity index is 1460. The number of amides is 1. The van der Waals surface area contributed by atoms with Gasteiger partial charge in [0.05, 0.1) is 28.9 Å². The molecule has 0 radical (unpaired) electrons. The number of rotatable bonds is 6. The van der Waals surface area contributed by atoms with Gasteiger partial charge in [0.25, 0.3) is 5.91 Å². The van der Waals surface area contributed by atoms with E-state index < -0.39 is 14.1 Å². The van der Waals surface area contributed by atoms with Gasteiger partial charge in [0.15, 0.2) is 0 Å². The second kappa shape index (κ2) is 10.5. The fourth-order valence-corrected chi connectivity index (χ4v) is 5.83. The number of aliphatic hydroxyl groups excluding tert-OH is 1. The molecule has 3 aromatic rings. The summed E-state index contributed by atoms with van der Waals surface area (Å²) in [6.45, 7) is 14.8. The molecule has 2 aliphatic rings. The number of carbonyl (C=O) groups excluding carboxylic acids is 1. The van der Waals surface area contributed by atoms with Gasteiger partial charge in [-0.1, -0.05) is 26.8 Å². The molecule has 0 saturated carbocycles. The molecule has 1 fully saturated rings. The summed E-state index contributed by atoms with van der Waals surface area (Å²) in [5, 5.41) is 19.2. The third kappa shape index (κ3) is 5.70. The number of hydrogen-bond acceptors (Lipinski definition) is 7. The first-order valence-electron chi connectivity index (χ1n) is 13.7. The molecular formula is C30H38FN5O3Si. The largest absolute Gasteiger partial charge is 0.543 e. The van der Waals surface area contributed by atoms with Crippen LogP contribution < -0.4 is 20.4 Å². The van der Waals surface area contributed by atoms with Gasteiger partial charge in [0.1, 0.15) is 22.9 Å². The summed E-state index contributed by atoms with van der Waals surface area (Å²) in [7, 11) is -2.16. The van der Waals surface area contributed by atoms with Crippen molar-refractivity contribution in [2.75, 3.05) is 29.0 Å². The normalized spacial score (nSPS) is 17.4. The summed E-state index contributed by atoms with van der Waals surface area (Å²) in [6.07, 6.45) is 2.06. The van der Waals surface area contributed by atoms with E-state index in [1.54, 1.807) is 18.3 Å². The number of pyridine rings is 1. The molecule has 1 saturated heterocycles. The number of carbonyl (C=O) groups is 1. The predicted octanol–water partition coefficient (Wildman–Crippen LogP) is 6.53. The van der Waals surface area contributed by atoms with Crippen molar-refractivity contribution in [3.63, 3.8) is 0 Å². The predicted molar refractivity (Wildman–Crippen MR) is 160 cm³/mol. The van der Waals surface area contributed by atoms with Crippen molar-refractivity contribution < 1.29 is 18.7 Å². The average Bonchev–Trinajstić information content (AvgIpc) is 3.20. The van der Waals surface area contributed by atoms with Crippen LogP contribution >= 0.6 is 0 Å². The molecule has 2 aliphatic heterocycles. The lowest BCUT2D eigenvalue weighted by Crippen LogP contribution is -2.44. The number of nitrogens with one attached hydrogen (secondary N) is 3. The standard InChI is InChI=1S/C30H38FN5O3Si/c1-18-13-21(31)24(15-26(18)39-40(5,6)30(2,3)4)33-23-9-11-32-28-27(23)29(38)35-25-14-19(7-8-22(25)34-28)16-36-12-10-20(37)17-36/h7-9,11,13-15,20,37H,10,12,16-17H2,1-6H3,(H,35,38)(H2,32,33,34)/t20-/m0/s1. The molecule has 4 N–H and O–H groups in total. The van der Waals surface area contributed by atoms with E-state index in [1.807, 2.05) is 25.1 Å². The highest BCUT2D eigenvalue weighted by Gasteiger charge is 2.39. The van der Waals surface area contributed by atoms with Gasteiger partial charge in [0.2, 0.25) is 8.32 Å². The molecule has 2 aromatic carbocycles. The van der Waals surface area contributed by atoms with Crippen LogP contribution in [-0.4, -0.2) is 48.4 Å². The number of aryl methyl sites for hydroxylation is 1. The molecule has 10 heteroatoms. The van der Waals surface area contributed by atoms with Gasteiger partial charge in [-0.2, -0.15) is 0 Å². The topological polar surface area (TPSA) is 98.8 Å².